The van der Waals surface area contributed by atoms with Crippen molar-refractivity contribution in [1.29, 1.82) is 0 Å². The highest BCUT2D eigenvalue weighted by molar-refractivity contribution is 5.98. The van der Waals surface area contributed by atoms with Crippen LogP contribution in [-0.2, 0) is 0 Å². The first-order chi connectivity index (χ1) is 21.0. The number of ether oxygens (including phenoxy) is 1. The van der Waals surface area contributed by atoms with Crippen LogP contribution in [0.1, 0.15) is 31.7 Å². The molecule has 4 aromatic rings. The summed E-state index contributed by atoms with van der Waals surface area (Å²) in [6, 6.07) is 18.3. The van der Waals surface area contributed by atoms with E-state index in [0.717, 1.165) is 79.4 Å². The molecule has 43 heavy (non-hydrogen) atoms. The molecule has 0 radical (unpaired) electrons. The highest BCUT2D eigenvalue weighted by Gasteiger charge is 2.36. The fraction of sp³-hybridized carbons (Fsp3) is 0.438. The van der Waals surface area contributed by atoms with E-state index in [1.165, 1.54) is 24.1 Å². The molecule has 3 aliphatic rings. The normalized spacial score (nSPS) is 19.5. The highest BCUT2D eigenvalue weighted by Crippen LogP contribution is 2.35. The molecule has 0 unspecified atom stereocenters. The summed E-state index contributed by atoms with van der Waals surface area (Å²) in [5.41, 5.74) is 8.92. The molecule has 0 saturated carbocycles. The third-order valence-corrected chi connectivity index (χ3v) is 9.34. The summed E-state index contributed by atoms with van der Waals surface area (Å²) in [4.78, 5) is 26.6. The van der Waals surface area contributed by atoms with Crippen LogP contribution in [0.4, 0.5) is 10.6 Å². The van der Waals surface area contributed by atoms with E-state index < -0.39 is 6.09 Å². The number of carboxylic acid groups (broad SMARTS) is 1. The van der Waals surface area contributed by atoms with Crippen molar-refractivity contribution < 1.29 is 14.6 Å². The fourth-order valence-corrected chi connectivity index (χ4v) is 6.81. The number of para-hydroxylation sites is 1. The fourth-order valence-electron chi connectivity index (χ4n) is 6.81. The zero-order chi connectivity index (χ0) is 29.3. The van der Waals surface area contributed by atoms with Gasteiger partial charge in [-0.25, -0.2) is 19.4 Å². The van der Waals surface area contributed by atoms with Crippen molar-refractivity contribution in [2.45, 2.75) is 37.8 Å². The lowest BCUT2D eigenvalue weighted by atomic mass is 9.93. The quantitative estimate of drug-likeness (QED) is 0.322. The van der Waals surface area contributed by atoms with E-state index in [0.29, 0.717) is 30.9 Å². The first-order valence-electron chi connectivity index (χ1n) is 15.3. The molecule has 3 fully saturated rings. The lowest BCUT2D eigenvalue weighted by molar-refractivity contribution is 0.0151. The summed E-state index contributed by atoms with van der Waals surface area (Å²) in [5, 5.41) is 15.0. The van der Waals surface area contributed by atoms with Crippen LogP contribution in [0.15, 0.2) is 60.9 Å². The van der Waals surface area contributed by atoms with Crippen LogP contribution in [0.25, 0.3) is 22.3 Å². The second-order valence-corrected chi connectivity index (χ2v) is 12.0. The molecule has 7 rings (SSSR count). The summed E-state index contributed by atoms with van der Waals surface area (Å²) in [5.74, 6) is 2.69. The Kier molecular flexibility index (Phi) is 7.58. The van der Waals surface area contributed by atoms with Gasteiger partial charge in [0.1, 0.15) is 29.3 Å². The number of nitrogens with two attached hydrogens (primary N) is 1. The minimum atomic E-state index is -0.798. The summed E-state index contributed by atoms with van der Waals surface area (Å²) in [6.45, 7) is 6.64. The molecule has 5 heterocycles. The van der Waals surface area contributed by atoms with Crippen LogP contribution in [-0.4, -0.2) is 97.5 Å². The number of fused-ring (bicyclic) bond motifs is 1. The van der Waals surface area contributed by atoms with Crippen molar-refractivity contribution in [2.75, 3.05) is 51.5 Å². The average molecular weight is 583 g/mol. The van der Waals surface area contributed by atoms with Crippen molar-refractivity contribution in [2.24, 2.45) is 5.92 Å². The van der Waals surface area contributed by atoms with Gasteiger partial charge in [-0.15, -0.1) is 0 Å². The van der Waals surface area contributed by atoms with E-state index in [1.807, 2.05) is 54.6 Å². The summed E-state index contributed by atoms with van der Waals surface area (Å²) >= 11 is 0. The zero-order valence-electron chi connectivity index (χ0n) is 24.3. The number of hydrogen-bond donors (Lipinski definition) is 2. The molecule has 0 spiro atoms. The van der Waals surface area contributed by atoms with Gasteiger partial charge in [-0.2, -0.15) is 5.10 Å². The first-order valence-corrected chi connectivity index (χ1v) is 15.3. The number of hydrogen-bond acceptors (Lipinski definition) is 8. The van der Waals surface area contributed by atoms with Crippen LogP contribution in [0.5, 0.6) is 11.5 Å². The number of amides is 1. The predicted octanol–water partition coefficient (Wildman–Crippen LogP) is 4.58. The van der Waals surface area contributed by atoms with Gasteiger partial charge >= 0.3 is 6.09 Å². The average Bonchev–Trinajstić information content (AvgIpc) is 3.39. The monoisotopic (exact) mass is 582 g/mol. The third-order valence-electron chi connectivity index (χ3n) is 9.34. The van der Waals surface area contributed by atoms with Gasteiger partial charge in [0.25, 0.3) is 0 Å². The van der Waals surface area contributed by atoms with Crippen LogP contribution < -0.4 is 10.5 Å². The van der Waals surface area contributed by atoms with Gasteiger partial charge in [-0.05, 0) is 81.1 Å². The van der Waals surface area contributed by atoms with E-state index in [2.05, 4.69) is 24.4 Å². The Morgan fingerprint density at radius 1 is 0.884 bits per heavy atom. The molecule has 11 nitrogen and oxygen atoms in total. The minimum absolute atomic E-state index is 0.250. The molecule has 0 atom stereocenters. The number of anilines is 1. The maximum atomic E-state index is 11.1. The number of benzene rings is 2. The first kappa shape index (κ1) is 27.6. The van der Waals surface area contributed by atoms with Gasteiger partial charge < -0.3 is 25.4 Å². The molecule has 3 N–H and O–H groups in total. The van der Waals surface area contributed by atoms with Crippen molar-refractivity contribution in [3.63, 3.8) is 0 Å². The van der Waals surface area contributed by atoms with Gasteiger partial charge in [0, 0.05) is 44.3 Å². The van der Waals surface area contributed by atoms with Crippen LogP contribution in [0, 0.1) is 5.92 Å². The number of nitrogens with zero attached hydrogens (tertiary/aromatic N) is 7. The molecule has 3 saturated heterocycles. The molecular weight excluding hydrogens is 544 g/mol. The lowest BCUT2D eigenvalue weighted by Crippen LogP contribution is -2.62. The lowest BCUT2D eigenvalue weighted by Gasteiger charge is -2.47. The third kappa shape index (κ3) is 5.74. The highest BCUT2D eigenvalue weighted by atomic mass is 16.5. The SMILES string of the molecule is Nc1ncnc2c1c(-c1ccc(Oc3ccccc3)cc1)nn2C1CCN(CC2CCN(C3CN(C(=O)O)C3)CC2)CC1. The van der Waals surface area contributed by atoms with E-state index in [-0.39, 0.29) is 6.04 Å². The van der Waals surface area contributed by atoms with Crippen LogP contribution in [0.2, 0.25) is 0 Å². The van der Waals surface area contributed by atoms with Crippen LogP contribution >= 0.6 is 0 Å². The maximum absolute atomic E-state index is 11.1. The standard InChI is InChI=1S/C32H38N8O3/c33-30-28-29(23-6-8-27(9-7-23)43-26-4-2-1-3-5-26)36-40(31(28)35-21-34-30)24-12-14-37(15-13-24)18-22-10-16-38(17-11-22)25-19-39(20-25)32(41)42/h1-9,21-22,24-25H,10-20H2,(H,41,42)(H2,33,34,35). The molecule has 0 aliphatic carbocycles. The summed E-state index contributed by atoms with van der Waals surface area (Å²) in [6.07, 6.45) is 5.12. The van der Waals surface area contributed by atoms with Crippen LogP contribution in [0.3, 0.4) is 0 Å². The number of carbonyl (C=O) groups is 1. The Labute approximate surface area is 250 Å². The Balaban J connectivity index is 0.982. The number of piperidine rings is 2. The van der Waals surface area contributed by atoms with Crippen molar-refractivity contribution in [3.05, 3.63) is 60.9 Å². The van der Waals surface area contributed by atoms with Gasteiger partial charge in [-0.3, -0.25) is 4.90 Å². The van der Waals surface area contributed by atoms with E-state index >= 15 is 0 Å². The van der Waals surface area contributed by atoms with Crippen molar-refractivity contribution in [1.82, 2.24) is 34.4 Å². The largest absolute Gasteiger partial charge is 0.465 e. The van der Waals surface area contributed by atoms with Crippen molar-refractivity contribution in [3.8, 4) is 22.8 Å². The molecular formula is C32H38N8O3. The number of likely N-dealkylation sites (tertiary alicyclic amines) is 3. The van der Waals surface area contributed by atoms with Gasteiger partial charge in [0.05, 0.1) is 11.4 Å². The van der Waals surface area contributed by atoms with E-state index in [1.54, 1.807) is 0 Å². The van der Waals surface area contributed by atoms with E-state index in [9.17, 15) is 4.79 Å². The minimum Gasteiger partial charge on any atom is -0.465 e. The van der Waals surface area contributed by atoms with Gasteiger partial charge in [0.15, 0.2) is 5.65 Å². The van der Waals surface area contributed by atoms with E-state index in [4.69, 9.17) is 20.7 Å². The Hall–Kier alpha value is -4.22. The summed E-state index contributed by atoms with van der Waals surface area (Å²) < 4.78 is 8.05. The topological polar surface area (TPSA) is 126 Å². The Bertz CT molecular complexity index is 1560. The second-order valence-electron chi connectivity index (χ2n) is 12.0. The molecule has 224 valence electrons. The molecule has 11 heteroatoms. The number of aromatic nitrogens is 4. The second kappa shape index (κ2) is 11.8. The number of nitrogen functional groups attached to an aromatic ring is 1. The molecule has 1 amide bonds. The maximum Gasteiger partial charge on any atom is 0.407 e. The molecule has 2 aromatic carbocycles. The molecule has 2 aromatic heterocycles. The number of rotatable bonds is 7. The molecule has 0 bridgehead atoms. The Morgan fingerprint density at radius 2 is 1.58 bits per heavy atom. The Morgan fingerprint density at radius 3 is 2.28 bits per heavy atom. The predicted molar refractivity (Wildman–Crippen MR) is 164 cm³/mol. The smallest absolute Gasteiger partial charge is 0.407 e. The summed E-state index contributed by atoms with van der Waals surface area (Å²) in [7, 11) is 0. The zero-order valence-corrected chi connectivity index (χ0v) is 24.3. The van der Waals surface area contributed by atoms with Crippen molar-refractivity contribution >= 4 is 22.9 Å². The molecule has 3 aliphatic heterocycles. The van der Waals surface area contributed by atoms with Gasteiger partial charge in [0.2, 0.25) is 0 Å². The van der Waals surface area contributed by atoms with Gasteiger partial charge in [-0.1, -0.05) is 18.2 Å².